The van der Waals surface area contributed by atoms with Gasteiger partial charge >= 0.3 is 0 Å². The first kappa shape index (κ1) is 20.5. The van der Waals surface area contributed by atoms with Crippen molar-refractivity contribution in [3.8, 4) is 0 Å². The van der Waals surface area contributed by atoms with Gasteiger partial charge in [0.15, 0.2) is 5.65 Å². The molecule has 0 radical (unpaired) electrons. The van der Waals surface area contributed by atoms with Crippen LogP contribution in [0.25, 0.3) is 5.65 Å². The maximum atomic E-state index is 13.5. The SMILES string of the molecule is O=C(c1cnc2ccnn2c1Nc1ccc(F)cc1Cl)N1CCC(c2ccccc2)CC1. The first-order valence-corrected chi connectivity index (χ1v) is 10.9. The van der Waals surface area contributed by atoms with Gasteiger partial charge in [0.1, 0.15) is 17.2 Å². The van der Waals surface area contributed by atoms with Gasteiger partial charge in [-0.25, -0.2) is 9.37 Å². The lowest BCUT2D eigenvalue weighted by Crippen LogP contribution is -2.38. The molecule has 8 heteroatoms. The van der Waals surface area contributed by atoms with Crippen LogP contribution in [-0.4, -0.2) is 38.5 Å². The summed E-state index contributed by atoms with van der Waals surface area (Å²) in [7, 11) is 0. The average molecular weight is 450 g/mol. The Morgan fingerprint density at radius 3 is 2.62 bits per heavy atom. The van der Waals surface area contributed by atoms with Crippen LogP contribution in [0.5, 0.6) is 0 Å². The zero-order valence-electron chi connectivity index (χ0n) is 17.2. The van der Waals surface area contributed by atoms with Crippen molar-refractivity contribution < 1.29 is 9.18 Å². The second-order valence-electron chi connectivity index (χ2n) is 7.85. The van der Waals surface area contributed by atoms with E-state index in [-0.39, 0.29) is 10.9 Å². The molecule has 5 rings (SSSR count). The highest BCUT2D eigenvalue weighted by Crippen LogP contribution is 2.31. The van der Waals surface area contributed by atoms with E-state index in [0.29, 0.717) is 41.7 Å². The Bertz CT molecular complexity index is 1270. The van der Waals surface area contributed by atoms with Crippen LogP contribution in [-0.2, 0) is 0 Å². The molecular formula is C24H21ClFN5O. The second kappa shape index (κ2) is 8.59. The molecule has 1 saturated heterocycles. The highest BCUT2D eigenvalue weighted by atomic mass is 35.5. The Hall–Kier alpha value is -3.45. The minimum absolute atomic E-state index is 0.123. The van der Waals surface area contributed by atoms with E-state index in [2.05, 4.69) is 39.7 Å². The normalized spacial score (nSPS) is 14.6. The molecule has 1 N–H and O–H groups in total. The van der Waals surface area contributed by atoms with Gasteiger partial charge < -0.3 is 10.2 Å². The van der Waals surface area contributed by atoms with Crippen molar-refractivity contribution in [1.82, 2.24) is 19.5 Å². The molecule has 6 nitrogen and oxygen atoms in total. The van der Waals surface area contributed by atoms with E-state index in [4.69, 9.17) is 11.6 Å². The minimum Gasteiger partial charge on any atom is -0.338 e. The second-order valence-corrected chi connectivity index (χ2v) is 8.26. The molecule has 0 unspecified atom stereocenters. The number of nitrogens with one attached hydrogen (secondary N) is 1. The van der Waals surface area contributed by atoms with Crippen LogP contribution < -0.4 is 5.32 Å². The van der Waals surface area contributed by atoms with Crippen LogP contribution in [0.4, 0.5) is 15.9 Å². The van der Waals surface area contributed by atoms with Crippen LogP contribution in [0.1, 0.15) is 34.7 Å². The number of hydrogen-bond donors (Lipinski definition) is 1. The number of carbonyl (C=O) groups excluding carboxylic acids is 1. The highest BCUT2D eigenvalue weighted by Gasteiger charge is 2.27. The van der Waals surface area contributed by atoms with Crippen molar-refractivity contribution >= 4 is 34.7 Å². The summed E-state index contributed by atoms with van der Waals surface area (Å²) in [5.41, 5.74) is 2.77. The molecule has 4 aromatic rings. The molecule has 0 spiro atoms. The Balaban J connectivity index is 1.42. The monoisotopic (exact) mass is 449 g/mol. The number of piperidine rings is 1. The molecule has 1 fully saturated rings. The third-order valence-electron chi connectivity index (χ3n) is 5.88. The number of benzene rings is 2. The smallest absolute Gasteiger partial charge is 0.259 e. The summed E-state index contributed by atoms with van der Waals surface area (Å²) in [5.74, 6) is 0.338. The van der Waals surface area contributed by atoms with Crippen molar-refractivity contribution in [1.29, 1.82) is 0 Å². The predicted molar refractivity (Wildman–Crippen MR) is 122 cm³/mol. The van der Waals surface area contributed by atoms with E-state index in [0.717, 1.165) is 12.8 Å². The van der Waals surface area contributed by atoms with Gasteiger partial charge in [0.25, 0.3) is 5.91 Å². The molecule has 1 aliphatic rings. The van der Waals surface area contributed by atoms with Crippen molar-refractivity contribution in [2.24, 2.45) is 0 Å². The van der Waals surface area contributed by atoms with Crippen LogP contribution in [0.15, 0.2) is 67.0 Å². The van der Waals surface area contributed by atoms with E-state index >= 15 is 0 Å². The minimum atomic E-state index is -0.433. The quantitative estimate of drug-likeness (QED) is 0.460. The van der Waals surface area contributed by atoms with Crippen LogP contribution in [0.3, 0.4) is 0 Å². The Labute approximate surface area is 189 Å². The third kappa shape index (κ3) is 3.91. The van der Waals surface area contributed by atoms with E-state index in [1.165, 1.54) is 23.8 Å². The van der Waals surface area contributed by atoms with Gasteiger partial charge in [-0.15, -0.1) is 0 Å². The lowest BCUT2D eigenvalue weighted by atomic mass is 9.89. The topological polar surface area (TPSA) is 62.5 Å². The molecule has 32 heavy (non-hydrogen) atoms. The number of aromatic nitrogens is 3. The summed E-state index contributed by atoms with van der Waals surface area (Å²) in [6, 6.07) is 16.2. The molecule has 1 amide bonds. The van der Waals surface area contributed by atoms with Crippen molar-refractivity contribution in [2.75, 3.05) is 18.4 Å². The van der Waals surface area contributed by atoms with Crippen LogP contribution in [0.2, 0.25) is 5.02 Å². The molecule has 1 aliphatic heterocycles. The first-order chi connectivity index (χ1) is 15.6. The summed E-state index contributed by atoms with van der Waals surface area (Å²) in [5, 5.41) is 7.68. The van der Waals surface area contributed by atoms with Gasteiger partial charge in [0.2, 0.25) is 0 Å². The first-order valence-electron chi connectivity index (χ1n) is 10.5. The van der Waals surface area contributed by atoms with Gasteiger partial charge in [-0.05, 0) is 42.5 Å². The van der Waals surface area contributed by atoms with E-state index < -0.39 is 5.82 Å². The average Bonchev–Trinajstić information content (AvgIpc) is 3.30. The number of hydrogen-bond acceptors (Lipinski definition) is 4. The maximum absolute atomic E-state index is 13.5. The number of carbonyl (C=O) groups is 1. The van der Waals surface area contributed by atoms with Gasteiger partial charge in [-0.2, -0.15) is 9.61 Å². The van der Waals surface area contributed by atoms with E-state index in [1.807, 2.05) is 11.0 Å². The zero-order chi connectivity index (χ0) is 22.1. The van der Waals surface area contributed by atoms with Gasteiger partial charge in [0.05, 0.1) is 16.9 Å². The molecule has 3 heterocycles. The van der Waals surface area contributed by atoms with Gasteiger partial charge in [-0.3, -0.25) is 4.79 Å². The van der Waals surface area contributed by atoms with Crippen molar-refractivity contribution in [2.45, 2.75) is 18.8 Å². The fourth-order valence-corrected chi connectivity index (χ4v) is 4.39. The molecule has 2 aromatic heterocycles. The molecule has 0 aliphatic carbocycles. The summed E-state index contributed by atoms with van der Waals surface area (Å²) in [4.78, 5) is 19.7. The molecule has 0 saturated carbocycles. The number of amides is 1. The molecule has 0 atom stereocenters. The number of likely N-dealkylation sites (tertiary alicyclic amines) is 1. The van der Waals surface area contributed by atoms with Gasteiger partial charge in [0, 0.05) is 25.4 Å². The largest absolute Gasteiger partial charge is 0.338 e. The van der Waals surface area contributed by atoms with Gasteiger partial charge in [-0.1, -0.05) is 41.9 Å². The van der Waals surface area contributed by atoms with Crippen molar-refractivity contribution in [3.05, 3.63) is 89.0 Å². The fourth-order valence-electron chi connectivity index (χ4n) is 4.18. The van der Waals surface area contributed by atoms with E-state index in [9.17, 15) is 9.18 Å². The molecular weight excluding hydrogens is 429 g/mol. The number of halogens is 2. The highest BCUT2D eigenvalue weighted by molar-refractivity contribution is 6.33. The number of anilines is 2. The molecule has 2 aromatic carbocycles. The summed E-state index contributed by atoms with van der Waals surface area (Å²) in [6.07, 6.45) is 4.97. The standard InChI is InChI=1S/C24H21ClFN5O/c25-20-14-18(26)6-7-21(20)29-23-19(15-27-22-8-11-28-31(22)23)24(32)30-12-9-17(10-13-30)16-4-2-1-3-5-16/h1-8,11,14-15,17,29H,9-10,12-13H2. The third-order valence-corrected chi connectivity index (χ3v) is 6.20. The predicted octanol–water partition coefficient (Wildman–Crippen LogP) is 5.29. The number of nitrogens with zero attached hydrogens (tertiary/aromatic N) is 4. The Kier molecular flexibility index (Phi) is 5.49. The lowest BCUT2D eigenvalue weighted by molar-refractivity contribution is 0.0713. The van der Waals surface area contributed by atoms with E-state index in [1.54, 1.807) is 23.0 Å². The maximum Gasteiger partial charge on any atom is 0.259 e. The zero-order valence-corrected chi connectivity index (χ0v) is 18.0. The number of rotatable bonds is 4. The van der Waals surface area contributed by atoms with Crippen LogP contribution in [0, 0.1) is 5.82 Å². The van der Waals surface area contributed by atoms with Crippen LogP contribution >= 0.6 is 11.6 Å². The molecule has 162 valence electrons. The van der Waals surface area contributed by atoms with Crippen molar-refractivity contribution in [3.63, 3.8) is 0 Å². The fraction of sp³-hybridized carbons (Fsp3) is 0.208. The summed E-state index contributed by atoms with van der Waals surface area (Å²) < 4.78 is 15.1. The summed E-state index contributed by atoms with van der Waals surface area (Å²) in [6.45, 7) is 1.32. The number of fused-ring (bicyclic) bond motifs is 1. The summed E-state index contributed by atoms with van der Waals surface area (Å²) >= 11 is 6.22. The Morgan fingerprint density at radius 2 is 1.88 bits per heavy atom. The molecule has 0 bridgehead atoms. The Morgan fingerprint density at radius 1 is 1.09 bits per heavy atom. The lowest BCUT2D eigenvalue weighted by Gasteiger charge is -2.32.